The molecule has 2 fully saturated rings. The van der Waals surface area contributed by atoms with Crippen LogP contribution < -0.4 is 5.32 Å². The highest BCUT2D eigenvalue weighted by molar-refractivity contribution is 4.91. The van der Waals surface area contributed by atoms with Crippen molar-refractivity contribution in [2.45, 2.75) is 64.6 Å². The highest BCUT2D eigenvalue weighted by Gasteiger charge is 2.39. The fraction of sp³-hybridized carbons (Fsp3) is 1.00. The number of likely N-dealkylation sites (N-methyl/N-ethyl adjacent to an activating group) is 1. The molecule has 1 aliphatic heterocycles. The summed E-state index contributed by atoms with van der Waals surface area (Å²) in [4.78, 5) is 0. The number of hydrogen-bond acceptors (Lipinski definition) is 3. The standard InChI is InChI=1S/C16H31NO2/c1-4-17-12-16(19-15-7-10-18-11-15)8-5-14(6-9-16)13(2)3/h13-15,17H,4-12H2,1-3H3. The summed E-state index contributed by atoms with van der Waals surface area (Å²) >= 11 is 0. The van der Waals surface area contributed by atoms with Gasteiger partial charge in [0.25, 0.3) is 0 Å². The summed E-state index contributed by atoms with van der Waals surface area (Å²) in [5.74, 6) is 1.70. The fourth-order valence-corrected chi connectivity index (χ4v) is 3.48. The van der Waals surface area contributed by atoms with E-state index < -0.39 is 0 Å². The SMILES string of the molecule is CCNCC1(OC2CCOC2)CCC(C(C)C)CC1. The molecule has 1 heterocycles. The second-order valence-electron chi connectivity index (χ2n) is 6.65. The van der Waals surface area contributed by atoms with E-state index in [0.29, 0.717) is 6.10 Å². The summed E-state index contributed by atoms with van der Waals surface area (Å²) < 4.78 is 11.9. The Kier molecular flexibility index (Phi) is 5.67. The summed E-state index contributed by atoms with van der Waals surface area (Å²) in [5, 5.41) is 3.51. The van der Waals surface area contributed by atoms with Crippen molar-refractivity contribution in [3.63, 3.8) is 0 Å². The van der Waals surface area contributed by atoms with E-state index >= 15 is 0 Å². The Hall–Kier alpha value is -0.120. The molecule has 0 aromatic heterocycles. The molecular weight excluding hydrogens is 238 g/mol. The second kappa shape index (κ2) is 7.05. The summed E-state index contributed by atoms with van der Waals surface area (Å²) in [6.07, 6.45) is 6.45. The molecule has 0 spiro atoms. The van der Waals surface area contributed by atoms with Crippen molar-refractivity contribution in [2.24, 2.45) is 11.8 Å². The van der Waals surface area contributed by atoms with Crippen molar-refractivity contribution >= 4 is 0 Å². The first-order chi connectivity index (χ1) is 9.15. The number of nitrogens with one attached hydrogen (secondary N) is 1. The van der Waals surface area contributed by atoms with Crippen LogP contribution in [0.2, 0.25) is 0 Å². The maximum absolute atomic E-state index is 6.48. The minimum Gasteiger partial charge on any atom is -0.379 e. The zero-order valence-electron chi connectivity index (χ0n) is 12.9. The molecule has 0 radical (unpaired) electrons. The Morgan fingerprint density at radius 3 is 2.53 bits per heavy atom. The Bertz CT molecular complexity index is 253. The van der Waals surface area contributed by atoms with E-state index in [0.717, 1.165) is 44.6 Å². The Morgan fingerprint density at radius 1 is 1.26 bits per heavy atom. The van der Waals surface area contributed by atoms with E-state index in [1.54, 1.807) is 0 Å². The minimum absolute atomic E-state index is 0.0692. The molecule has 0 aromatic rings. The normalized spacial score (nSPS) is 36.0. The van der Waals surface area contributed by atoms with Gasteiger partial charge in [-0.25, -0.2) is 0 Å². The van der Waals surface area contributed by atoms with Crippen LogP contribution in [0, 0.1) is 11.8 Å². The Labute approximate surface area is 118 Å². The number of ether oxygens (including phenoxy) is 2. The zero-order valence-corrected chi connectivity index (χ0v) is 12.9. The molecule has 2 aliphatic rings. The third-order valence-electron chi connectivity index (χ3n) is 4.89. The molecule has 1 aliphatic carbocycles. The van der Waals surface area contributed by atoms with Gasteiger partial charge in [-0.2, -0.15) is 0 Å². The first-order valence-electron chi connectivity index (χ1n) is 8.11. The van der Waals surface area contributed by atoms with Crippen molar-refractivity contribution in [1.29, 1.82) is 0 Å². The van der Waals surface area contributed by atoms with Crippen molar-refractivity contribution in [2.75, 3.05) is 26.3 Å². The molecule has 1 N–H and O–H groups in total. The average Bonchev–Trinajstić information content (AvgIpc) is 2.90. The van der Waals surface area contributed by atoms with Gasteiger partial charge in [-0.1, -0.05) is 20.8 Å². The smallest absolute Gasteiger partial charge is 0.0838 e. The Morgan fingerprint density at radius 2 is 2.00 bits per heavy atom. The summed E-state index contributed by atoms with van der Waals surface area (Å²) in [6.45, 7) is 10.6. The molecule has 112 valence electrons. The van der Waals surface area contributed by atoms with Crippen molar-refractivity contribution in [3.8, 4) is 0 Å². The van der Waals surface area contributed by atoms with E-state index in [1.807, 2.05) is 0 Å². The lowest BCUT2D eigenvalue weighted by atomic mass is 9.74. The average molecular weight is 269 g/mol. The van der Waals surface area contributed by atoms with Crippen molar-refractivity contribution < 1.29 is 9.47 Å². The van der Waals surface area contributed by atoms with Crippen LogP contribution in [0.1, 0.15) is 52.9 Å². The van der Waals surface area contributed by atoms with Gasteiger partial charge < -0.3 is 14.8 Å². The van der Waals surface area contributed by atoms with E-state index in [2.05, 4.69) is 26.1 Å². The van der Waals surface area contributed by atoms with Gasteiger partial charge in [0.05, 0.1) is 18.3 Å². The molecule has 0 amide bonds. The molecule has 1 saturated carbocycles. The predicted octanol–water partition coefficient (Wildman–Crippen LogP) is 2.99. The van der Waals surface area contributed by atoms with Crippen LogP contribution in [-0.2, 0) is 9.47 Å². The second-order valence-corrected chi connectivity index (χ2v) is 6.65. The third-order valence-corrected chi connectivity index (χ3v) is 4.89. The minimum atomic E-state index is 0.0692. The quantitative estimate of drug-likeness (QED) is 0.804. The van der Waals surface area contributed by atoms with Gasteiger partial charge in [-0.05, 0) is 50.5 Å². The van der Waals surface area contributed by atoms with Crippen LogP contribution in [0.5, 0.6) is 0 Å². The van der Waals surface area contributed by atoms with Gasteiger partial charge in [0.2, 0.25) is 0 Å². The molecular formula is C16H31NO2. The monoisotopic (exact) mass is 269 g/mol. The first-order valence-corrected chi connectivity index (χ1v) is 8.11. The fourth-order valence-electron chi connectivity index (χ4n) is 3.48. The van der Waals surface area contributed by atoms with E-state index in [1.165, 1.54) is 25.7 Å². The van der Waals surface area contributed by atoms with Crippen LogP contribution in [0.15, 0.2) is 0 Å². The van der Waals surface area contributed by atoms with Gasteiger partial charge in [0, 0.05) is 13.2 Å². The number of hydrogen-bond donors (Lipinski definition) is 1. The van der Waals surface area contributed by atoms with Gasteiger partial charge in [-0.3, -0.25) is 0 Å². The summed E-state index contributed by atoms with van der Waals surface area (Å²) in [7, 11) is 0. The van der Waals surface area contributed by atoms with Crippen LogP contribution in [-0.4, -0.2) is 38.0 Å². The van der Waals surface area contributed by atoms with Gasteiger partial charge in [0.1, 0.15) is 0 Å². The molecule has 3 heteroatoms. The largest absolute Gasteiger partial charge is 0.379 e. The summed E-state index contributed by atoms with van der Waals surface area (Å²) in [6, 6.07) is 0. The van der Waals surface area contributed by atoms with E-state index in [9.17, 15) is 0 Å². The van der Waals surface area contributed by atoms with Gasteiger partial charge in [-0.15, -0.1) is 0 Å². The van der Waals surface area contributed by atoms with Crippen LogP contribution in [0.3, 0.4) is 0 Å². The first kappa shape index (κ1) is 15.3. The topological polar surface area (TPSA) is 30.5 Å². The lowest BCUT2D eigenvalue weighted by molar-refractivity contribution is -0.119. The van der Waals surface area contributed by atoms with Crippen LogP contribution >= 0.6 is 0 Å². The molecule has 19 heavy (non-hydrogen) atoms. The Balaban J connectivity index is 1.91. The molecule has 1 saturated heterocycles. The van der Waals surface area contributed by atoms with Crippen molar-refractivity contribution in [1.82, 2.24) is 5.32 Å². The van der Waals surface area contributed by atoms with Gasteiger partial charge in [0.15, 0.2) is 0 Å². The van der Waals surface area contributed by atoms with Crippen molar-refractivity contribution in [3.05, 3.63) is 0 Å². The molecule has 1 unspecified atom stereocenters. The maximum atomic E-state index is 6.48. The maximum Gasteiger partial charge on any atom is 0.0838 e. The molecule has 3 nitrogen and oxygen atoms in total. The highest BCUT2D eigenvalue weighted by Crippen LogP contribution is 2.39. The molecule has 0 bridgehead atoms. The molecule has 0 aromatic carbocycles. The molecule has 2 rings (SSSR count). The van der Waals surface area contributed by atoms with Crippen LogP contribution in [0.4, 0.5) is 0 Å². The van der Waals surface area contributed by atoms with E-state index in [4.69, 9.17) is 9.47 Å². The third kappa shape index (κ3) is 4.17. The highest BCUT2D eigenvalue weighted by atomic mass is 16.6. The lowest BCUT2D eigenvalue weighted by Gasteiger charge is -2.42. The van der Waals surface area contributed by atoms with Gasteiger partial charge >= 0.3 is 0 Å². The van der Waals surface area contributed by atoms with Crippen LogP contribution in [0.25, 0.3) is 0 Å². The lowest BCUT2D eigenvalue weighted by Crippen LogP contribution is -2.48. The van der Waals surface area contributed by atoms with E-state index in [-0.39, 0.29) is 5.60 Å². The predicted molar refractivity (Wildman–Crippen MR) is 78.4 cm³/mol. The number of rotatable bonds is 6. The molecule has 1 atom stereocenters. The summed E-state index contributed by atoms with van der Waals surface area (Å²) in [5.41, 5.74) is 0.0692. The zero-order chi connectivity index (χ0) is 13.7.